The maximum absolute atomic E-state index is 10.7. The van der Waals surface area contributed by atoms with Crippen LogP contribution in [-0.2, 0) is 15.9 Å². The van der Waals surface area contributed by atoms with Crippen molar-refractivity contribution in [2.24, 2.45) is 0 Å². The number of rotatable bonds is 3. The van der Waals surface area contributed by atoms with Gasteiger partial charge < -0.3 is 4.55 Å². The molecule has 0 aliphatic rings. The fourth-order valence-corrected chi connectivity index (χ4v) is 2.26. The Labute approximate surface area is 129 Å². The largest absolute Gasteiger partial charge is 1.00 e. The van der Waals surface area contributed by atoms with Crippen LogP contribution < -0.4 is 29.6 Å². The molecule has 0 spiro atoms. The van der Waals surface area contributed by atoms with Gasteiger partial charge in [0, 0.05) is 0 Å². The van der Waals surface area contributed by atoms with Crippen molar-refractivity contribution in [2.45, 2.75) is 5.75 Å². The molecular formula is C13H11NaO3S. The Morgan fingerprint density at radius 2 is 1.50 bits per heavy atom. The second kappa shape index (κ2) is 6.50. The minimum atomic E-state index is -4.23. The van der Waals surface area contributed by atoms with Crippen LogP contribution in [0, 0.1) is 0 Å². The quantitative estimate of drug-likeness (QED) is 0.553. The molecule has 0 atom stereocenters. The van der Waals surface area contributed by atoms with E-state index in [1.165, 1.54) is 0 Å². The zero-order valence-electron chi connectivity index (χ0n) is 10.0. The Morgan fingerprint density at radius 3 is 2.11 bits per heavy atom. The van der Waals surface area contributed by atoms with E-state index in [1.54, 1.807) is 18.2 Å². The molecule has 0 aliphatic carbocycles. The standard InChI is InChI=1S/C13H12O3S.Na/c14-17(15,16)10-11-5-4-8-13(9-11)12-6-2-1-3-7-12;/h1-9H,10H2,(H,14,15,16);/q;+1/p-1. The van der Waals surface area contributed by atoms with Crippen molar-refractivity contribution in [3.8, 4) is 11.1 Å². The van der Waals surface area contributed by atoms with E-state index in [2.05, 4.69) is 0 Å². The molecule has 2 aromatic rings. The molecule has 3 nitrogen and oxygen atoms in total. The molecule has 2 rings (SSSR count). The zero-order valence-corrected chi connectivity index (χ0v) is 12.9. The molecule has 0 aromatic heterocycles. The van der Waals surface area contributed by atoms with Crippen LogP contribution in [0.25, 0.3) is 11.1 Å². The van der Waals surface area contributed by atoms with Crippen molar-refractivity contribution in [1.82, 2.24) is 0 Å². The van der Waals surface area contributed by atoms with E-state index in [1.807, 2.05) is 36.4 Å². The van der Waals surface area contributed by atoms with E-state index in [0.29, 0.717) is 5.56 Å². The van der Waals surface area contributed by atoms with Crippen LogP contribution in [0.2, 0.25) is 0 Å². The van der Waals surface area contributed by atoms with Crippen LogP contribution in [0.1, 0.15) is 5.56 Å². The molecule has 0 saturated carbocycles. The summed E-state index contributed by atoms with van der Waals surface area (Å²) in [4.78, 5) is 0. The Kier molecular flexibility index (Phi) is 5.56. The average molecular weight is 270 g/mol. The van der Waals surface area contributed by atoms with E-state index in [0.717, 1.165) is 11.1 Å². The minimum Gasteiger partial charge on any atom is -0.748 e. The first-order valence-electron chi connectivity index (χ1n) is 5.12. The molecule has 0 aliphatic heterocycles. The molecule has 0 radical (unpaired) electrons. The van der Waals surface area contributed by atoms with Gasteiger partial charge in [-0.05, 0) is 16.7 Å². The number of hydrogen-bond donors (Lipinski definition) is 0. The first-order valence-corrected chi connectivity index (χ1v) is 6.70. The van der Waals surface area contributed by atoms with Gasteiger partial charge >= 0.3 is 29.6 Å². The molecule has 2 aromatic carbocycles. The average Bonchev–Trinajstić information content (AvgIpc) is 2.28. The van der Waals surface area contributed by atoms with Gasteiger partial charge in [0.1, 0.15) is 0 Å². The summed E-state index contributed by atoms with van der Waals surface area (Å²) in [6.07, 6.45) is 0. The number of hydrogen-bond acceptors (Lipinski definition) is 3. The van der Waals surface area contributed by atoms with Crippen molar-refractivity contribution < 1.29 is 42.5 Å². The molecular weight excluding hydrogens is 259 g/mol. The van der Waals surface area contributed by atoms with Crippen LogP contribution in [0.5, 0.6) is 0 Å². The summed E-state index contributed by atoms with van der Waals surface area (Å²) in [5, 5.41) is 0. The third-order valence-electron chi connectivity index (χ3n) is 2.38. The van der Waals surface area contributed by atoms with Crippen molar-refractivity contribution in [3.05, 3.63) is 60.2 Å². The van der Waals surface area contributed by atoms with Crippen LogP contribution >= 0.6 is 0 Å². The van der Waals surface area contributed by atoms with Gasteiger partial charge in [0.25, 0.3) is 0 Å². The topological polar surface area (TPSA) is 57.2 Å². The predicted molar refractivity (Wildman–Crippen MR) is 65.3 cm³/mol. The molecule has 0 N–H and O–H groups in total. The van der Waals surface area contributed by atoms with Crippen molar-refractivity contribution in [3.63, 3.8) is 0 Å². The van der Waals surface area contributed by atoms with Crippen molar-refractivity contribution in [2.75, 3.05) is 0 Å². The normalized spacial score (nSPS) is 10.7. The van der Waals surface area contributed by atoms with Crippen LogP contribution in [0.15, 0.2) is 54.6 Å². The van der Waals surface area contributed by atoms with Gasteiger partial charge in [0.2, 0.25) is 0 Å². The molecule has 18 heavy (non-hydrogen) atoms. The summed E-state index contributed by atoms with van der Waals surface area (Å²) >= 11 is 0. The van der Waals surface area contributed by atoms with E-state index in [-0.39, 0.29) is 29.6 Å². The molecule has 0 fully saturated rings. The van der Waals surface area contributed by atoms with Crippen LogP contribution in [0.4, 0.5) is 0 Å². The summed E-state index contributed by atoms with van der Waals surface area (Å²) in [6, 6.07) is 16.6. The van der Waals surface area contributed by atoms with E-state index < -0.39 is 15.9 Å². The molecule has 0 unspecified atom stereocenters. The van der Waals surface area contributed by atoms with E-state index in [9.17, 15) is 13.0 Å². The first-order chi connectivity index (χ1) is 8.04. The SMILES string of the molecule is O=S(=O)([O-])Cc1cccc(-c2ccccc2)c1.[Na+]. The van der Waals surface area contributed by atoms with Gasteiger partial charge in [-0.15, -0.1) is 0 Å². The van der Waals surface area contributed by atoms with E-state index in [4.69, 9.17) is 0 Å². The summed E-state index contributed by atoms with van der Waals surface area (Å²) in [6.45, 7) is 0. The molecule has 0 bridgehead atoms. The monoisotopic (exact) mass is 270 g/mol. The molecule has 0 heterocycles. The fraction of sp³-hybridized carbons (Fsp3) is 0.0769. The molecule has 88 valence electrons. The Balaban J connectivity index is 0.00000162. The van der Waals surface area contributed by atoms with Gasteiger partial charge in [-0.2, -0.15) is 0 Å². The van der Waals surface area contributed by atoms with Crippen molar-refractivity contribution in [1.29, 1.82) is 0 Å². The number of benzene rings is 2. The van der Waals surface area contributed by atoms with E-state index >= 15 is 0 Å². The second-order valence-corrected chi connectivity index (χ2v) is 5.17. The first kappa shape index (κ1) is 15.4. The van der Waals surface area contributed by atoms with Crippen molar-refractivity contribution >= 4 is 10.1 Å². The van der Waals surface area contributed by atoms with Gasteiger partial charge in [0.05, 0.1) is 15.9 Å². The smallest absolute Gasteiger partial charge is 0.748 e. The maximum atomic E-state index is 10.7. The summed E-state index contributed by atoms with van der Waals surface area (Å²) in [7, 11) is -4.23. The zero-order chi connectivity index (χ0) is 12.3. The molecule has 0 amide bonds. The summed E-state index contributed by atoms with van der Waals surface area (Å²) < 4.78 is 32.1. The third-order valence-corrected chi connectivity index (χ3v) is 3.06. The summed E-state index contributed by atoms with van der Waals surface area (Å²) in [5.41, 5.74) is 2.42. The van der Waals surface area contributed by atoms with Gasteiger partial charge in [-0.25, -0.2) is 8.42 Å². The minimum absolute atomic E-state index is 0. The Bertz CT molecular complexity index is 609. The van der Waals surface area contributed by atoms with Gasteiger partial charge in [-0.1, -0.05) is 54.6 Å². The third kappa shape index (κ3) is 4.55. The second-order valence-electron chi connectivity index (χ2n) is 3.77. The Hall–Kier alpha value is -0.650. The molecule has 5 heteroatoms. The van der Waals surface area contributed by atoms with Crippen LogP contribution in [-0.4, -0.2) is 13.0 Å². The summed E-state index contributed by atoms with van der Waals surface area (Å²) in [5.74, 6) is -0.465. The predicted octanol–water partition coefficient (Wildman–Crippen LogP) is -0.597. The van der Waals surface area contributed by atoms with Gasteiger partial charge in [0.15, 0.2) is 0 Å². The van der Waals surface area contributed by atoms with Crippen LogP contribution in [0.3, 0.4) is 0 Å². The Morgan fingerprint density at radius 1 is 0.889 bits per heavy atom. The maximum Gasteiger partial charge on any atom is 1.00 e. The van der Waals surface area contributed by atoms with Gasteiger partial charge in [-0.3, -0.25) is 0 Å². The molecule has 0 saturated heterocycles. The fourth-order valence-electron chi connectivity index (χ4n) is 1.68.